The minimum atomic E-state index is -0.667. The van der Waals surface area contributed by atoms with Crippen LogP contribution in [0.1, 0.15) is 361 Å². The molecule has 0 bridgehead atoms. The minimum Gasteiger partial charge on any atom is -0.466 e. The number of hydrogen-bond donors (Lipinski definition) is 3. The number of esters is 1. The van der Waals surface area contributed by atoms with Gasteiger partial charge in [0, 0.05) is 12.8 Å². The Balaban J connectivity index is 3.40. The summed E-state index contributed by atoms with van der Waals surface area (Å²) >= 11 is 0. The van der Waals surface area contributed by atoms with Crippen molar-refractivity contribution in [1.29, 1.82) is 0 Å². The van der Waals surface area contributed by atoms with Crippen molar-refractivity contribution in [2.24, 2.45) is 0 Å². The average molecular weight is 989 g/mol. The fourth-order valence-corrected chi connectivity index (χ4v) is 10.2. The molecule has 0 saturated heterocycles. The van der Waals surface area contributed by atoms with Gasteiger partial charge in [-0.25, -0.2) is 0 Å². The van der Waals surface area contributed by atoms with E-state index in [1.807, 2.05) is 0 Å². The Hall–Kier alpha value is -1.40. The number of aliphatic hydroxyl groups is 2. The largest absolute Gasteiger partial charge is 0.466 e. The predicted molar refractivity (Wildman–Crippen MR) is 306 cm³/mol. The molecular weight excluding hydrogens is 863 g/mol. The van der Waals surface area contributed by atoms with Gasteiger partial charge in [0.1, 0.15) is 0 Å². The lowest BCUT2D eigenvalue weighted by Gasteiger charge is -2.22. The van der Waals surface area contributed by atoms with E-state index >= 15 is 0 Å². The second kappa shape index (κ2) is 60.2. The van der Waals surface area contributed by atoms with Crippen LogP contribution in [0.15, 0.2) is 12.2 Å². The van der Waals surface area contributed by atoms with Crippen molar-refractivity contribution in [2.45, 2.75) is 373 Å². The molecule has 2 atom stereocenters. The molecule has 6 nitrogen and oxygen atoms in total. The fourth-order valence-electron chi connectivity index (χ4n) is 10.2. The van der Waals surface area contributed by atoms with Crippen LogP contribution in [0.4, 0.5) is 0 Å². The number of carbonyl (C=O) groups is 2. The lowest BCUT2D eigenvalue weighted by molar-refractivity contribution is -0.143. The minimum absolute atomic E-state index is 0.00103. The number of aliphatic hydroxyl groups excluding tert-OH is 2. The molecule has 0 rings (SSSR count). The van der Waals surface area contributed by atoms with E-state index in [9.17, 15) is 19.8 Å². The number of rotatable bonds is 60. The monoisotopic (exact) mass is 988 g/mol. The van der Waals surface area contributed by atoms with Gasteiger partial charge < -0.3 is 20.3 Å². The van der Waals surface area contributed by atoms with E-state index in [-0.39, 0.29) is 18.5 Å². The molecule has 3 N–H and O–H groups in total. The van der Waals surface area contributed by atoms with Gasteiger partial charge in [0.25, 0.3) is 0 Å². The van der Waals surface area contributed by atoms with Gasteiger partial charge in [-0.1, -0.05) is 315 Å². The maximum Gasteiger partial charge on any atom is 0.305 e. The Morgan fingerprint density at radius 1 is 0.386 bits per heavy atom. The van der Waals surface area contributed by atoms with Gasteiger partial charge in [-0.05, 0) is 44.9 Å². The van der Waals surface area contributed by atoms with Crippen LogP contribution in [0, 0.1) is 0 Å². The van der Waals surface area contributed by atoms with Crippen molar-refractivity contribution in [3.63, 3.8) is 0 Å². The van der Waals surface area contributed by atoms with Crippen LogP contribution >= 0.6 is 0 Å². The van der Waals surface area contributed by atoms with Crippen LogP contribution in [0.25, 0.3) is 0 Å². The third-order valence-electron chi connectivity index (χ3n) is 15.1. The quantitative estimate of drug-likeness (QED) is 0.0321. The van der Waals surface area contributed by atoms with E-state index in [1.165, 1.54) is 283 Å². The smallest absolute Gasteiger partial charge is 0.305 e. The van der Waals surface area contributed by atoms with E-state index in [4.69, 9.17) is 4.74 Å². The summed E-state index contributed by atoms with van der Waals surface area (Å²) in [6.45, 7) is 4.94. The zero-order valence-corrected chi connectivity index (χ0v) is 47.5. The van der Waals surface area contributed by atoms with Crippen LogP contribution in [0.5, 0.6) is 0 Å². The first-order valence-corrected chi connectivity index (χ1v) is 31.9. The Morgan fingerprint density at radius 3 is 1.06 bits per heavy atom. The first-order chi connectivity index (χ1) is 34.5. The van der Waals surface area contributed by atoms with E-state index in [0.717, 1.165) is 44.9 Å². The molecular formula is C64H125NO5. The summed E-state index contributed by atoms with van der Waals surface area (Å²) in [5.41, 5.74) is 0. The Kier molecular flexibility index (Phi) is 59.0. The van der Waals surface area contributed by atoms with Crippen LogP contribution < -0.4 is 5.32 Å². The number of allylic oxidation sites excluding steroid dienone is 2. The summed E-state index contributed by atoms with van der Waals surface area (Å²) in [5.74, 6) is -0.0346. The van der Waals surface area contributed by atoms with E-state index in [0.29, 0.717) is 25.9 Å². The van der Waals surface area contributed by atoms with E-state index < -0.39 is 12.1 Å². The second-order valence-corrected chi connectivity index (χ2v) is 22.1. The second-order valence-electron chi connectivity index (χ2n) is 22.1. The highest BCUT2D eigenvalue weighted by Crippen LogP contribution is 2.19. The molecule has 1 amide bonds. The van der Waals surface area contributed by atoms with Crippen LogP contribution in [0.2, 0.25) is 0 Å². The standard InChI is InChI=1S/C64H125NO5/c1-3-5-7-9-11-13-15-16-17-18-19-20-21-22-24-27-30-33-37-40-44-48-52-56-62(67)61(60-66)65-63(68)57-53-49-45-41-38-34-31-28-25-23-26-29-32-35-39-43-47-51-55-59-70-64(69)58-54-50-46-42-36-14-12-10-8-6-4-2/h10,12,61-62,66-67H,3-9,11,13-60H2,1-2H3,(H,65,68)/b12-10-. The Bertz CT molecular complexity index is 1050. The number of unbranched alkanes of at least 4 members (excludes halogenated alkanes) is 47. The molecule has 416 valence electrons. The number of amides is 1. The molecule has 0 aliphatic rings. The summed E-state index contributed by atoms with van der Waals surface area (Å²) in [7, 11) is 0. The predicted octanol–water partition coefficient (Wildman–Crippen LogP) is 20.0. The highest BCUT2D eigenvalue weighted by molar-refractivity contribution is 5.76. The average Bonchev–Trinajstić information content (AvgIpc) is 3.36. The molecule has 2 unspecified atom stereocenters. The fraction of sp³-hybridized carbons (Fsp3) is 0.938. The highest BCUT2D eigenvalue weighted by atomic mass is 16.5. The van der Waals surface area contributed by atoms with Crippen molar-refractivity contribution in [3.05, 3.63) is 12.2 Å². The zero-order valence-electron chi connectivity index (χ0n) is 47.5. The number of carbonyl (C=O) groups excluding carboxylic acids is 2. The van der Waals surface area contributed by atoms with Gasteiger partial charge in [0.15, 0.2) is 0 Å². The SMILES string of the molecule is CCCC/C=C\CCCCCCCC(=O)OCCCCCCCCCCCCCCCCCCCCCC(=O)NC(CO)C(O)CCCCCCCCCCCCCCCCCCCCCCCCC. The molecule has 0 spiro atoms. The van der Waals surface area contributed by atoms with Gasteiger partial charge in [0.05, 0.1) is 25.4 Å². The molecule has 0 aliphatic carbocycles. The van der Waals surface area contributed by atoms with Crippen LogP contribution in [0.3, 0.4) is 0 Å². The van der Waals surface area contributed by atoms with Crippen molar-refractivity contribution in [2.75, 3.05) is 13.2 Å². The van der Waals surface area contributed by atoms with Crippen molar-refractivity contribution < 1.29 is 24.5 Å². The molecule has 70 heavy (non-hydrogen) atoms. The highest BCUT2D eigenvalue weighted by Gasteiger charge is 2.20. The number of ether oxygens (including phenoxy) is 1. The molecule has 0 aliphatic heterocycles. The number of nitrogens with one attached hydrogen (secondary N) is 1. The van der Waals surface area contributed by atoms with Crippen molar-refractivity contribution in [3.8, 4) is 0 Å². The van der Waals surface area contributed by atoms with Crippen LogP contribution in [-0.4, -0.2) is 47.4 Å². The third kappa shape index (κ3) is 55.9. The zero-order chi connectivity index (χ0) is 50.7. The summed E-state index contributed by atoms with van der Waals surface area (Å²) in [6, 6.07) is -0.544. The number of hydrogen-bond acceptors (Lipinski definition) is 5. The van der Waals surface area contributed by atoms with Gasteiger partial charge in [-0.15, -0.1) is 0 Å². The maximum atomic E-state index is 12.5. The van der Waals surface area contributed by atoms with Gasteiger partial charge >= 0.3 is 5.97 Å². The third-order valence-corrected chi connectivity index (χ3v) is 15.1. The molecule has 0 aromatic heterocycles. The summed E-state index contributed by atoms with van der Waals surface area (Å²) < 4.78 is 5.46. The topological polar surface area (TPSA) is 95.9 Å². The Morgan fingerprint density at radius 2 is 0.686 bits per heavy atom. The molecule has 0 saturated carbocycles. The molecule has 0 fully saturated rings. The molecule has 0 radical (unpaired) electrons. The van der Waals surface area contributed by atoms with Gasteiger partial charge in [-0.2, -0.15) is 0 Å². The van der Waals surface area contributed by atoms with Crippen LogP contribution in [-0.2, 0) is 14.3 Å². The first-order valence-electron chi connectivity index (χ1n) is 31.9. The van der Waals surface area contributed by atoms with Crippen molar-refractivity contribution >= 4 is 11.9 Å². The summed E-state index contributed by atoms with van der Waals surface area (Å²) in [4.78, 5) is 24.5. The first kappa shape index (κ1) is 68.6. The Labute approximate surface area is 438 Å². The van der Waals surface area contributed by atoms with Crippen molar-refractivity contribution in [1.82, 2.24) is 5.32 Å². The summed E-state index contributed by atoms with van der Waals surface area (Å²) in [5, 5.41) is 23.4. The lowest BCUT2D eigenvalue weighted by atomic mass is 10.0. The molecule has 0 aromatic carbocycles. The molecule has 0 heterocycles. The van der Waals surface area contributed by atoms with Gasteiger partial charge in [-0.3, -0.25) is 9.59 Å². The van der Waals surface area contributed by atoms with E-state index in [1.54, 1.807) is 0 Å². The molecule has 6 heteroatoms. The van der Waals surface area contributed by atoms with E-state index in [2.05, 4.69) is 31.3 Å². The van der Waals surface area contributed by atoms with Gasteiger partial charge in [0.2, 0.25) is 5.91 Å². The normalized spacial score (nSPS) is 12.6. The lowest BCUT2D eigenvalue weighted by Crippen LogP contribution is -2.45. The summed E-state index contributed by atoms with van der Waals surface area (Å²) in [6.07, 6.45) is 72.3. The molecule has 0 aromatic rings. The maximum absolute atomic E-state index is 12.5.